The Labute approximate surface area is 176 Å². The Morgan fingerprint density at radius 2 is 1.87 bits per heavy atom. The number of carbonyl (C=O) groups is 2. The Hall–Kier alpha value is -4.08. The van der Waals surface area contributed by atoms with Gasteiger partial charge < -0.3 is 24.9 Å². The van der Waals surface area contributed by atoms with E-state index in [1.54, 1.807) is 36.4 Å². The number of carboxylic acids is 1. The zero-order chi connectivity index (χ0) is 22.5. The molecule has 0 saturated heterocycles. The van der Waals surface area contributed by atoms with Crippen LogP contribution in [0.5, 0.6) is 11.5 Å². The Balaban J connectivity index is 1.91. The van der Waals surface area contributed by atoms with Crippen LogP contribution in [0, 0.1) is 0 Å². The van der Waals surface area contributed by atoms with Gasteiger partial charge >= 0.3 is 11.7 Å². The summed E-state index contributed by atoms with van der Waals surface area (Å²) in [7, 11) is 2.88. The van der Waals surface area contributed by atoms with E-state index in [0.717, 1.165) is 4.57 Å². The zero-order valence-electron chi connectivity index (χ0n) is 16.9. The van der Waals surface area contributed by atoms with Crippen LogP contribution in [0.2, 0.25) is 0 Å². The molecule has 0 fully saturated rings. The third-order valence-electron chi connectivity index (χ3n) is 4.72. The maximum Gasteiger partial charge on any atom is 0.329 e. The number of rotatable bonds is 8. The van der Waals surface area contributed by atoms with Crippen molar-refractivity contribution in [2.45, 2.75) is 19.0 Å². The summed E-state index contributed by atoms with van der Waals surface area (Å²) >= 11 is 0. The minimum atomic E-state index is -1.15. The number of hydrogen-bond acceptors (Lipinski definition) is 6. The van der Waals surface area contributed by atoms with Crippen LogP contribution in [-0.4, -0.2) is 40.8 Å². The van der Waals surface area contributed by atoms with Gasteiger partial charge in [-0.15, -0.1) is 0 Å². The van der Waals surface area contributed by atoms with Crippen LogP contribution in [0.4, 0.5) is 0 Å². The van der Waals surface area contributed by atoms with E-state index >= 15 is 0 Å². The fourth-order valence-corrected chi connectivity index (χ4v) is 3.25. The molecule has 1 amide bonds. The number of fused-ring (bicyclic) bond motifs is 1. The smallest absolute Gasteiger partial charge is 0.329 e. The van der Waals surface area contributed by atoms with Crippen molar-refractivity contribution in [2.75, 3.05) is 14.2 Å². The van der Waals surface area contributed by atoms with E-state index in [-0.39, 0.29) is 5.39 Å². The summed E-state index contributed by atoms with van der Waals surface area (Å²) in [5.74, 6) is -1.03. The summed E-state index contributed by atoms with van der Waals surface area (Å²) in [5, 5.41) is 12.1. The molecule has 1 unspecified atom stereocenters. The lowest BCUT2D eigenvalue weighted by molar-refractivity contribution is -0.137. The summed E-state index contributed by atoms with van der Waals surface area (Å²) in [6.45, 7) is -0.576. The van der Waals surface area contributed by atoms with Gasteiger partial charge in [0.1, 0.15) is 18.0 Å². The number of hydrogen-bond donors (Lipinski definition) is 3. The van der Waals surface area contributed by atoms with Crippen LogP contribution in [0.15, 0.2) is 52.1 Å². The minimum Gasteiger partial charge on any atom is -0.497 e. The predicted molar refractivity (Wildman–Crippen MR) is 112 cm³/mol. The van der Waals surface area contributed by atoms with Crippen LogP contribution in [0.1, 0.15) is 18.0 Å². The summed E-state index contributed by atoms with van der Waals surface area (Å²) < 4.78 is 11.2. The number of nitrogens with one attached hydrogen (secondary N) is 2. The molecule has 0 radical (unpaired) electrons. The molecular weight excluding hydrogens is 406 g/mol. The Kier molecular flexibility index (Phi) is 6.39. The normalized spacial score (nSPS) is 11.7. The number of carboxylic acid groups (broad SMARTS) is 1. The molecule has 10 nitrogen and oxygen atoms in total. The third kappa shape index (κ3) is 4.74. The highest BCUT2D eigenvalue weighted by atomic mass is 16.5. The first-order chi connectivity index (χ1) is 14.8. The lowest BCUT2D eigenvalue weighted by Gasteiger charge is -2.20. The van der Waals surface area contributed by atoms with Gasteiger partial charge in [0.25, 0.3) is 5.56 Å². The number of benzene rings is 2. The molecule has 0 spiro atoms. The second-order valence-electron chi connectivity index (χ2n) is 6.69. The number of carbonyl (C=O) groups excluding carboxylic acids is 1. The number of aromatic amines is 1. The maximum atomic E-state index is 12.7. The van der Waals surface area contributed by atoms with Gasteiger partial charge in [-0.1, -0.05) is 12.1 Å². The van der Waals surface area contributed by atoms with Gasteiger partial charge in [0.05, 0.1) is 37.6 Å². The van der Waals surface area contributed by atoms with Crippen molar-refractivity contribution in [1.29, 1.82) is 0 Å². The van der Waals surface area contributed by atoms with Gasteiger partial charge in [0, 0.05) is 11.6 Å². The summed E-state index contributed by atoms with van der Waals surface area (Å²) in [4.78, 5) is 51.5. The first-order valence-corrected chi connectivity index (χ1v) is 9.29. The molecule has 162 valence electrons. The van der Waals surface area contributed by atoms with E-state index < -0.39 is 42.1 Å². The first kappa shape index (κ1) is 21.6. The number of para-hydroxylation sites is 1. The molecule has 0 aliphatic rings. The predicted octanol–water partition coefficient (Wildman–Crippen LogP) is 1.04. The molecule has 1 atom stereocenters. The maximum absolute atomic E-state index is 12.7. The largest absolute Gasteiger partial charge is 0.497 e. The molecule has 3 N–H and O–H groups in total. The number of nitrogens with zero attached hydrogens (tertiary/aromatic N) is 1. The van der Waals surface area contributed by atoms with Crippen LogP contribution >= 0.6 is 0 Å². The van der Waals surface area contributed by atoms with Gasteiger partial charge in [-0.3, -0.25) is 19.0 Å². The van der Waals surface area contributed by atoms with Crippen molar-refractivity contribution in [3.05, 3.63) is 68.9 Å². The number of amides is 1. The molecule has 10 heteroatoms. The molecule has 3 rings (SSSR count). The zero-order valence-corrected chi connectivity index (χ0v) is 16.9. The number of ether oxygens (including phenoxy) is 2. The van der Waals surface area contributed by atoms with Crippen LogP contribution < -0.4 is 26.0 Å². The second-order valence-corrected chi connectivity index (χ2v) is 6.69. The molecule has 0 aliphatic carbocycles. The number of H-pyrrole nitrogens is 1. The van der Waals surface area contributed by atoms with Gasteiger partial charge in [-0.05, 0) is 24.3 Å². The Morgan fingerprint density at radius 1 is 1.13 bits per heavy atom. The number of aromatic nitrogens is 2. The van der Waals surface area contributed by atoms with Gasteiger partial charge in [-0.25, -0.2) is 4.79 Å². The quantitative estimate of drug-likeness (QED) is 0.488. The van der Waals surface area contributed by atoms with Crippen molar-refractivity contribution in [3.8, 4) is 11.5 Å². The molecule has 31 heavy (non-hydrogen) atoms. The van der Waals surface area contributed by atoms with E-state index in [2.05, 4.69) is 10.3 Å². The fraction of sp³-hybridized carbons (Fsp3) is 0.238. The van der Waals surface area contributed by atoms with Crippen molar-refractivity contribution >= 4 is 22.8 Å². The van der Waals surface area contributed by atoms with Gasteiger partial charge in [-0.2, -0.15) is 0 Å². The lowest BCUT2D eigenvalue weighted by atomic mass is 10.0. The fourth-order valence-electron chi connectivity index (χ4n) is 3.25. The van der Waals surface area contributed by atoms with E-state index in [1.807, 2.05) is 0 Å². The highest BCUT2D eigenvalue weighted by Gasteiger charge is 2.23. The van der Waals surface area contributed by atoms with Crippen molar-refractivity contribution < 1.29 is 24.2 Å². The molecule has 0 saturated carbocycles. The topological polar surface area (TPSA) is 140 Å². The van der Waals surface area contributed by atoms with E-state index in [1.165, 1.54) is 20.3 Å². The second kappa shape index (κ2) is 9.16. The van der Waals surface area contributed by atoms with Gasteiger partial charge in [0.2, 0.25) is 5.91 Å². The van der Waals surface area contributed by atoms with Crippen LogP contribution in [0.3, 0.4) is 0 Å². The lowest BCUT2D eigenvalue weighted by Crippen LogP contribution is -2.41. The van der Waals surface area contributed by atoms with E-state index in [9.17, 15) is 24.3 Å². The standard InChI is InChI=1S/C21H21N3O7/c1-30-12-7-8-13(17(9-12)31-2)16(10-19(26)27)22-18(25)11-24-20(28)14-5-3-4-6-15(14)23-21(24)29/h3-9,16H,10-11H2,1-2H3,(H,22,25)(H,23,29)(H,26,27). The minimum absolute atomic E-state index is 0.258. The summed E-state index contributed by atoms with van der Waals surface area (Å²) in [6, 6.07) is 10.2. The van der Waals surface area contributed by atoms with Crippen molar-refractivity contribution in [2.24, 2.45) is 0 Å². The summed E-state index contributed by atoms with van der Waals surface area (Å²) in [6.07, 6.45) is -0.433. The molecule has 0 aliphatic heterocycles. The highest BCUT2D eigenvalue weighted by Crippen LogP contribution is 2.31. The monoisotopic (exact) mass is 427 g/mol. The van der Waals surface area contributed by atoms with Gasteiger partial charge in [0.15, 0.2) is 0 Å². The molecule has 1 aromatic heterocycles. The molecule has 3 aromatic rings. The molecule has 0 bridgehead atoms. The van der Waals surface area contributed by atoms with E-state index in [0.29, 0.717) is 22.6 Å². The molecular formula is C21H21N3O7. The SMILES string of the molecule is COc1ccc(C(CC(=O)O)NC(=O)Cn2c(=O)[nH]c3ccccc3c2=O)c(OC)c1. The molecule has 2 aromatic carbocycles. The average Bonchev–Trinajstić information content (AvgIpc) is 2.75. The summed E-state index contributed by atoms with van der Waals surface area (Å²) in [5.41, 5.74) is -0.582. The Morgan fingerprint density at radius 3 is 2.55 bits per heavy atom. The highest BCUT2D eigenvalue weighted by molar-refractivity contribution is 5.80. The van der Waals surface area contributed by atoms with Crippen LogP contribution in [-0.2, 0) is 16.1 Å². The number of methoxy groups -OCH3 is 2. The van der Waals surface area contributed by atoms with E-state index in [4.69, 9.17) is 9.47 Å². The molecule has 1 heterocycles. The Bertz CT molecular complexity index is 1250. The van der Waals surface area contributed by atoms with Crippen molar-refractivity contribution in [1.82, 2.24) is 14.9 Å². The van der Waals surface area contributed by atoms with Crippen LogP contribution in [0.25, 0.3) is 10.9 Å². The van der Waals surface area contributed by atoms with Crippen molar-refractivity contribution in [3.63, 3.8) is 0 Å². The number of aliphatic carboxylic acids is 1. The average molecular weight is 427 g/mol. The third-order valence-corrected chi connectivity index (χ3v) is 4.72. The first-order valence-electron chi connectivity index (χ1n) is 9.29.